The third-order valence-electron chi connectivity index (χ3n) is 9.79. The highest BCUT2D eigenvalue weighted by atomic mass is 16.5. The van der Waals surface area contributed by atoms with Gasteiger partial charge in [0.2, 0.25) is 0 Å². The van der Waals surface area contributed by atoms with Crippen LogP contribution in [0.1, 0.15) is 92.4 Å². The lowest BCUT2D eigenvalue weighted by molar-refractivity contribution is -0.149. The van der Waals surface area contributed by atoms with Crippen LogP contribution in [0.25, 0.3) is 0 Å². The van der Waals surface area contributed by atoms with Crippen molar-refractivity contribution >= 4 is 11.8 Å². The van der Waals surface area contributed by atoms with Gasteiger partial charge in [-0.05, 0) is 73.0 Å². The van der Waals surface area contributed by atoms with E-state index in [0.717, 1.165) is 43.9 Å². The SMILES string of the molecule is CCC(=O)[C@H]1[C@H](CC)C[C@H]2[C@@H]3CC=C4C[C@@H](OC(C)=O)CC[C@]4(C)[C@H]3CC[C@@]21C. The minimum atomic E-state index is -0.149. The Morgan fingerprint density at radius 1 is 1.14 bits per heavy atom. The summed E-state index contributed by atoms with van der Waals surface area (Å²) in [5.41, 5.74) is 2.01. The van der Waals surface area contributed by atoms with Crippen LogP contribution in [0.15, 0.2) is 11.6 Å². The normalized spacial score (nSPS) is 46.2. The van der Waals surface area contributed by atoms with E-state index in [1.807, 2.05) is 0 Å². The first-order valence-electron chi connectivity index (χ1n) is 12.1. The van der Waals surface area contributed by atoms with Gasteiger partial charge in [-0.3, -0.25) is 9.59 Å². The minimum absolute atomic E-state index is 0.0692. The second-order valence-corrected chi connectivity index (χ2v) is 11.0. The Balaban J connectivity index is 1.61. The van der Waals surface area contributed by atoms with Crippen LogP contribution in [0, 0.1) is 40.4 Å². The molecule has 0 aliphatic heterocycles. The molecule has 0 spiro atoms. The average Bonchev–Trinajstić information content (AvgIpc) is 2.99. The molecule has 162 valence electrons. The number of Topliss-reactive ketones (excluding diaryl/α,β-unsaturated/α-hetero) is 1. The lowest BCUT2D eigenvalue weighted by Crippen LogP contribution is -2.51. The first-order valence-corrected chi connectivity index (χ1v) is 12.1. The molecule has 4 aliphatic rings. The molecular weight excluding hydrogens is 360 g/mol. The molecule has 3 nitrogen and oxygen atoms in total. The highest BCUT2D eigenvalue weighted by Gasteiger charge is 2.61. The standard InChI is InChI=1S/C26H40O3/c1-6-17-14-22-20-9-8-18-15-19(29-16(3)27)10-12-25(18,4)21(20)11-13-26(22,5)24(17)23(28)7-2/h8,17,19-22,24H,6-7,9-15H2,1-5H3/t17-,19+,20-,21+,22+,24-,25+,26+/m1/s1. The molecule has 3 saturated carbocycles. The molecule has 0 N–H and O–H groups in total. The zero-order valence-electron chi connectivity index (χ0n) is 19.1. The van der Waals surface area contributed by atoms with Gasteiger partial charge in [-0.15, -0.1) is 0 Å². The van der Waals surface area contributed by atoms with Gasteiger partial charge in [-0.1, -0.05) is 45.8 Å². The summed E-state index contributed by atoms with van der Waals surface area (Å²) in [6, 6.07) is 0. The lowest BCUT2D eigenvalue weighted by atomic mass is 9.47. The maximum atomic E-state index is 13.0. The Morgan fingerprint density at radius 2 is 1.90 bits per heavy atom. The summed E-state index contributed by atoms with van der Waals surface area (Å²) in [5, 5.41) is 0. The van der Waals surface area contributed by atoms with Crippen LogP contribution < -0.4 is 0 Å². The molecule has 4 rings (SSSR count). The molecule has 0 radical (unpaired) electrons. The van der Waals surface area contributed by atoms with Crippen LogP contribution in [0.3, 0.4) is 0 Å². The van der Waals surface area contributed by atoms with Crippen molar-refractivity contribution in [2.24, 2.45) is 40.4 Å². The van der Waals surface area contributed by atoms with Gasteiger partial charge in [0, 0.05) is 25.7 Å². The van der Waals surface area contributed by atoms with E-state index in [1.54, 1.807) is 5.57 Å². The quantitative estimate of drug-likeness (QED) is 0.422. The highest BCUT2D eigenvalue weighted by molar-refractivity contribution is 5.82. The predicted molar refractivity (Wildman–Crippen MR) is 115 cm³/mol. The van der Waals surface area contributed by atoms with Crippen LogP contribution in [-0.2, 0) is 14.3 Å². The lowest BCUT2D eigenvalue weighted by Gasteiger charge is -2.58. The summed E-state index contributed by atoms with van der Waals surface area (Å²) >= 11 is 0. The summed E-state index contributed by atoms with van der Waals surface area (Å²) in [5.74, 6) is 3.36. The molecule has 0 heterocycles. The molecule has 0 unspecified atom stereocenters. The van der Waals surface area contributed by atoms with E-state index in [2.05, 4.69) is 33.8 Å². The maximum absolute atomic E-state index is 13.0. The number of hydrogen-bond donors (Lipinski definition) is 0. The van der Waals surface area contributed by atoms with Crippen LogP contribution in [0.4, 0.5) is 0 Å². The number of carbonyl (C=O) groups is 2. The van der Waals surface area contributed by atoms with Crippen molar-refractivity contribution in [2.75, 3.05) is 0 Å². The van der Waals surface area contributed by atoms with E-state index < -0.39 is 0 Å². The number of hydrogen-bond acceptors (Lipinski definition) is 3. The molecule has 29 heavy (non-hydrogen) atoms. The van der Waals surface area contributed by atoms with Crippen molar-refractivity contribution in [3.8, 4) is 0 Å². The van der Waals surface area contributed by atoms with Crippen LogP contribution in [0.5, 0.6) is 0 Å². The second kappa shape index (κ2) is 7.54. The first kappa shape index (κ1) is 21.1. The molecule has 0 aromatic carbocycles. The monoisotopic (exact) mass is 400 g/mol. The predicted octanol–water partition coefficient (Wildman–Crippen LogP) is 6.11. The van der Waals surface area contributed by atoms with Gasteiger partial charge in [0.15, 0.2) is 0 Å². The van der Waals surface area contributed by atoms with E-state index in [-0.39, 0.29) is 28.8 Å². The van der Waals surface area contributed by atoms with E-state index >= 15 is 0 Å². The number of allylic oxidation sites excluding steroid dienone is 1. The van der Waals surface area contributed by atoms with Crippen molar-refractivity contribution in [1.82, 2.24) is 0 Å². The van der Waals surface area contributed by atoms with Crippen LogP contribution in [0.2, 0.25) is 0 Å². The topological polar surface area (TPSA) is 43.4 Å². The van der Waals surface area contributed by atoms with E-state index in [9.17, 15) is 9.59 Å². The molecule has 3 fully saturated rings. The third kappa shape index (κ3) is 3.22. The van der Waals surface area contributed by atoms with E-state index in [4.69, 9.17) is 4.74 Å². The average molecular weight is 401 g/mol. The summed E-state index contributed by atoms with van der Waals surface area (Å²) in [6.07, 6.45) is 12.3. The van der Waals surface area contributed by atoms with Crippen molar-refractivity contribution in [3.63, 3.8) is 0 Å². The number of ether oxygens (including phenoxy) is 1. The first-order chi connectivity index (χ1) is 13.7. The molecule has 0 amide bonds. The van der Waals surface area contributed by atoms with E-state index in [0.29, 0.717) is 24.0 Å². The molecule has 8 atom stereocenters. The Labute approximate surface area is 177 Å². The Bertz CT molecular complexity index is 709. The van der Waals surface area contributed by atoms with Gasteiger partial charge in [-0.2, -0.15) is 0 Å². The number of esters is 1. The summed E-state index contributed by atoms with van der Waals surface area (Å²) in [7, 11) is 0. The Hall–Kier alpha value is -1.12. The molecular formula is C26H40O3. The third-order valence-corrected chi connectivity index (χ3v) is 9.79. The smallest absolute Gasteiger partial charge is 0.302 e. The fourth-order valence-electron chi connectivity index (χ4n) is 8.39. The molecule has 0 aromatic rings. The zero-order chi connectivity index (χ0) is 21.0. The fourth-order valence-corrected chi connectivity index (χ4v) is 8.39. The number of rotatable bonds is 4. The van der Waals surface area contributed by atoms with Gasteiger partial charge >= 0.3 is 5.97 Å². The van der Waals surface area contributed by atoms with Gasteiger partial charge in [0.25, 0.3) is 0 Å². The van der Waals surface area contributed by atoms with Gasteiger partial charge in [0.05, 0.1) is 0 Å². The molecule has 0 aromatic heterocycles. The number of fused-ring (bicyclic) bond motifs is 5. The van der Waals surface area contributed by atoms with Crippen molar-refractivity contribution < 1.29 is 14.3 Å². The largest absolute Gasteiger partial charge is 0.462 e. The summed E-state index contributed by atoms with van der Waals surface area (Å²) < 4.78 is 5.57. The van der Waals surface area contributed by atoms with Gasteiger partial charge in [-0.25, -0.2) is 0 Å². The fraction of sp³-hybridized carbons (Fsp3) is 0.846. The molecule has 4 aliphatic carbocycles. The van der Waals surface area contributed by atoms with Crippen molar-refractivity contribution in [3.05, 3.63) is 11.6 Å². The Kier molecular flexibility index (Phi) is 5.49. The highest BCUT2D eigenvalue weighted by Crippen LogP contribution is 2.67. The minimum Gasteiger partial charge on any atom is -0.462 e. The molecule has 0 saturated heterocycles. The van der Waals surface area contributed by atoms with Gasteiger partial charge < -0.3 is 4.74 Å². The Morgan fingerprint density at radius 3 is 2.55 bits per heavy atom. The number of carbonyl (C=O) groups excluding carboxylic acids is 2. The maximum Gasteiger partial charge on any atom is 0.302 e. The van der Waals surface area contributed by atoms with Crippen LogP contribution >= 0.6 is 0 Å². The van der Waals surface area contributed by atoms with Gasteiger partial charge in [0.1, 0.15) is 11.9 Å². The summed E-state index contributed by atoms with van der Waals surface area (Å²) in [6.45, 7) is 10.8. The second-order valence-electron chi connectivity index (χ2n) is 11.0. The molecule has 0 bridgehead atoms. The summed E-state index contributed by atoms with van der Waals surface area (Å²) in [4.78, 5) is 24.4. The van der Waals surface area contributed by atoms with Crippen molar-refractivity contribution in [1.29, 1.82) is 0 Å². The molecule has 3 heteroatoms. The van der Waals surface area contributed by atoms with E-state index in [1.165, 1.54) is 26.2 Å². The van der Waals surface area contributed by atoms with Crippen molar-refractivity contribution in [2.45, 2.75) is 98.5 Å². The zero-order valence-corrected chi connectivity index (χ0v) is 19.1. The van der Waals surface area contributed by atoms with Crippen LogP contribution in [-0.4, -0.2) is 17.9 Å². The number of ketones is 1.